The van der Waals surface area contributed by atoms with Crippen molar-refractivity contribution in [1.82, 2.24) is 15.1 Å². The standard InChI is InChI=1S/C18H29N3O4S2/c1-13(2)10-21(15-8-9-27(23,24)12-15)16(22)11-26-18-20-19-17(25-18)14-6-4-3-5-7-14/h13-15H,3-12H2,1-2H3. The molecule has 1 saturated heterocycles. The van der Waals surface area contributed by atoms with Gasteiger partial charge in [-0.3, -0.25) is 4.79 Å². The van der Waals surface area contributed by atoms with Crippen LogP contribution in [0.3, 0.4) is 0 Å². The third-order valence-electron chi connectivity index (χ3n) is 5.23. The first-order valence-corrected chi connectivity index (χ1v) is 12.6. The normalized spacial score (nSPS) is 23.0. The zero-order valence-electron chi connectivity index (χ0n) is 16.1. The molecular weight excluding hydrogens is 386 g/mol. The van der Waals surface area contributed by atoms with E-state index in [1.807, 2.05) is 13.8 Å². The average Bonchev–Trinajstić information content (AvgIpc) is 3.24. The molecule has 1 atom stereocenters. The van der Waals surface area contributed by atoms with Crippen molar-refractivity contribution < 1.29 is 17.6 Å². The number of hydrogen-bond donors (Lipinski definition) is 0. The van der Waals surface area contributed by atoms with E-state index in [0.717, 1.165) is 12.8 Å². The maximum atomic E-state index is 12.8. The Balaban J connectivity index is 1.58. The molecule has 2 fully saturated rings. The van der Waals surface area contributed by atoms with Gasteiger partial charge < -0.3 is 9.32 Å². The smallest absolute Gasteiger partial charge is 0.277 e. The van der Waals surface area contributed by atoms with Gasteiger partial charge >= 0.3 is 0 Å². The number of thioether (sulfide) groups is 1. The van der Waals surface area contributed by atoms with E-state index in [9.17, 15) is 13.2 Å². The highest BCUT2D eigenvalue weighted by atomic mass is 32.2. The highest BCUT2D eigenvalue weighted by Crippen LogP contribution is 2.33. The number of carbonyl (C=O) groups is 1. The molecule has 1 aliphatic carbocycles. The number of aromatic nitrogens is 2. The number of sulfone groups is 1. The molecule has 0 spiro atoms. The van der Waals surface area contributed by atoms with Gasteiger partial charge in [0, 0.05) is 18.5 Å². The number of amides is 1. The fraction of sp³-hybridized carbons (Fsp3) is 0.833. The molecule has 27 heavy (non-hydrogen) atoms. The van der Waals surface area contributed by atoms with Crippen LogP contribution in [0, 0.1) is 5.92 Å². The van der Waals surface area contributed by atoms with Gasteiger partial charge in [0.15, 0.2) is 9.84 Å². The van der Waals surface area contributed by atoms with E-state index in [1.165, 1.54) is 31.0 Å². The van der Waals surface area contributed by atoms with Gasteiger partial charge in [-0.25, -0.2) is 8.42 Å². The van der Waals surface area contributed by atoms with Gasteiger partial charge in [0.25, 0.3) is 5.22 Å². The van der Waals surface area contributed by atoms with Gasteiger partial charge in [-0.1, -0.05) is 44.9 Å². The zero-order valence-corrected chi connectivity index (χ0v) is 17.7. The first kappa shape index (κ1) is 20.6. The van der Waals surface area contributed by atoms with Crippen LogP contribution in [0.4, 0.5) is 0 Å². The van der Waals surface area contributed by atoms with E-state index in [1.54, 1.807) is 4.90 Å². The summed E-state index contributed by atoms with van der Waals surface area (Å²) in [6.07, 6.45) is 6.36. The second-order valence-electron chi connectivity index (χ2n) is 8.03. The van der Waals surface area contributed by atoms with Crippen molar-refractivity contribution in [3.8, 4) is 0 Å². The number of nitrogens with zero attached hydrogens (tertiary/aromatic N) is 3. The maximum Gasteiger partial charge on any atom is 0.277 e. The summed E-state index contributed by atoms with van der Waals surface area (Å²) in [5.41, 5.74) is 0. The topological polar surface area (TPSA) is 93.4 Å². The van der Waals surface area contributed by atoms with Crippen LogP contribution < -0.4 is 0 Å². The molecule has 1 unspecified atom stereocenters. The van der Waals surface area contributed by atoms with Crippen LogP contribution >= 0.6 is 11.8 Å². The van der Waals surface area contributed by atoms with E-state index in [4.69, 9.17) is 4.42 Å². The summed E-state index contributed by atoms with van der Waals surface area (Å²) in [6.45, 7) is 4.63. The molecule has 2 heterocycles. The third kappa shape index (κ3) is 5.70. The Morgan fingerprint density at radius 3 is 2.59 bits per heavy atom. The Kier molecular flexibility index (Phi) is 6.83. The predicted octanol–water partition coefficient (Wildman–Crippen LogP) is 2.88. The molecule has 0 radical (unpaired) electrons. The third-order valence-corrected chi connectivity index (χ3v) is 7.78. The summed E-state index contributed by atoms with van der Waals surface area (Å²) in [7, 11) is -3.03. The van der Waals surface area contributed by atoms with Crippen LogP contribution in [0.25, 0.3) is 0 Å². The molecule has 0 N–H and O–H groups in total. The molecule has 1 aromatic heterocycles. The Morgan fingerprint density at radius 1 is 1.22 bits per heavy atom. The minimum atomic E-state index is -3.03. The lowest BCUT2D eigenvalue weighted by Gasteiger charge is -2.29. The van der Waals surface area contributed by atoms with Crippen LogP contribution in [-0.4, -0.2) is 59.3 Å². The molecular formula is C18H29N3O4S2. The van der Waals surface area contributed by atoms with Gasteiger partial charge in [0.1, 0.15) is 0 Å². The van der Waals surface area contributed by atoms with Crippen molar-refractivity contribution >= 4 is 27.5 Å². The minimum Gasteiger partial charge on any atom is -0.416 e. The van der Waals surface area contributed by atoms with Crippen molar-refractivity contribution in [3.05, 3.63) is 5.89 Å². The van der Waals surface area contributed by atoms with E-state index in [2.05, 4.69) is 10.2 Å². The van der Waals surface area contributed by atoms with Crippen LogP contribution in [0.2, 0.25) is 0 Å². The quantitative estimate of drug-likeness (QED) is 0.632. The van der Waals surface area contributed by atoms with Crippen molar-refractivity contribution in [1.29, 1.82) is 0 Å². The van der Waals surface area contributed by atoms with Crippen LogP contribution in [0.1, 0.15) is 64.2 Å². The molecule has 1 amide bonds. The lowest BCUT2D eigenvalue weighted by molar-refractivity contribution is -0.130. The van der Waals surface area contributed by atoms with E-state index >= 15 is 0 Å². The first-order valence-electron chi connectivity index (χ1n) is 9.80. The summed E-state index contributed by atoms with van der Waals surface area (Å²) in [4.78, 5) is 14.5. The fourth-order valence-corrected chi connectivity index (χ4v) is 6.26. The van der Waals surface area contributed by atoms with Gasteiger partial charge in [-0.05, 0) is 25.2 Å². The fourth-order valence-electron chi connectivity index (χ4n) is 3.87. The Hall–Kier alpha value is -1.09. The van der Waals surface area contributed by atoms with Crippen molar-refractivity contribution in [2.24, 2.45) is 5.92 Å². The largest absolute Gasteiger partial charge is 0.416 e. The summed E-state index contributed by atoms with van der Waals surface area (Å²) in [5, 5.41) is 8.67. The molecule has 2 aliphatic rings. The van der Waals surface area contributed by atoms with Crippen LogP contribution in [-0.2, 0) is 14.6 Å². The molecule has 0 bridgehead atoms. The minimum absolute atomic E-state index is 0.0618. The molecule has 152 valence electrons. The van der Waals surface area contributed by atoms with Crippen LogP contribution in [0.5, 0.6) is 0 Å². The first-order chi connectivity index (χ1) is 12.8. The summed E-state index contributed by atoms with van der Waals surface area (Å²) >= 11 is 1.25. The molecule has 7 nitrogen and oxygen atoms in total. The number of rotatable bonds is 7. The molecule has 1 aliphatic heterocycles. The van der Waals surface area contributed by atoms with Crippen molar-refractivity contribution in [2.45, 2.75) is 69.6 Å². The van der Waals surface area contributed by atoms with Crippen molar-refractivity contribution in [2.75, 3.05) is 23.8 Å². The second kappa shape index (κ2) is 8.94. The zero-order chi connectivity index (χ0) is 19.4. The van der Waals surface area contributed by atoms with Gasteiger partial charge in [-0.2, -0.15) is 0 Å². The molecule has 0 aromatic carbocycles. The lowest BCUT2D eigenvalue weighted by atomic mass is 9.89. The monoisotopic (exact) mass is 415 g/mol. The number of hydrogen-bond acceptors (Lipinski definition) is 7. The molecule has 1 saturated carbocycles. The van der Waals surface area contributed by atoms with Gasteiger partial charge in [0.05, 0.1) is 17.3 Å². The SMILES string of the molecule is CC(C)CN(C(=O)CSc1nnc(C2CCCCC2)o1)C1CCS(=O)(=O)C1. The second-order valence-corrected chi connectivity index (χ2v) is 11.2. The molecule has 9 heteroatoms. The van der Waals surface area contributed by atoms with Gasteiger partial charge in [0.2, 0.25) is 11.8 Å². The Labute approximate surface area is 165 Å². The Bertz CT molecular complexity index is 742. The van der Waals surface area contributed by atoms with Gasteiger partial charge in [-0.15, -0.1) is 10.2 Å². The highest BCUT2D eigenvalue weighted by molar-refractivity contribution is 7.99. The van der Waals surface area contributed by atoms with E-state index in [-0.39, 0.29) is 35.1 Å². The molecule has 3 rings (SSSR count). The Morgan fingerprint density at radius 2 is 1.96 bits per heavy atom. The highest BCUT2D eigenvalue weighted by Gasteiger charge is 2.35. The summed E-state index contributed by atoms with van der Waals surface area (Å²) < 4.78 is 29.4. The van der Waals surface area contributed by atoms with E-state index < -0.39 is 9.84 Å². The number of carbonyl (C=O) groups excluding carboxylic acids is 1. The maximum absolute atomic E-state index is 12.8. The van der Waals surface area contributed by atoms with Crippen molar-refractivity contribution in [3.63, 3.8) is 0 Å². The lowest BCUT2D eigenvalue weighted by Crippen LogP contribution is -2.44. The summed E-state index contributed by atoms with van der Waals surface area (Å²) in [6, 6.07) is -0.217. The van der Waals surface area contributed by atoms with E-state index in [0.29, 0.717) is 30.0 Å². The molecule has 1 aromatic rings. The summed E-state index contributed by atoms with van der Waals surface area (Å²) in [5.74, 6) is 1.68. The van der Waals surface area contributed by atoms with Crippen LogP contribution in [0.15, 0.2) is 9.64 Å². The predicted molar refractivity (Wildman–Crippen MR) is 104 cm³/mol. The average molecular weight is 416 g/mol.